The summed E-state index contributed by atoms with van der Waals surface area (Å²) in [6.45, 7) is 0. The highest BCUT2D eigenvalue weighted by atomic mass is 16.6. The lowest BCUT2D eigenvalue weighted by atomic mass is 9.50. The summed E-state index contributed by atoms with van der Waals surface area (Å²) in [6, 6.07) is 4.02. The predicted molar refractivity (Wildman–Crippen MR) is 106 cm³/mol. The Morgan fingerprint density at radius 3 is 2.76 bits per heavy atom. The van der Waals surface area contributed by atoms with Gasteiger partial charge in [0.2, 0.25) is 0 Å². The molecule has 2 aromatic heterocycles. The minimum absolute atomic E-state index is 0.0158. The first-order chi connectivity index (χ1) is 14.2. The van der Waals surface area contributed by atoms with Crippen LogP contribution in [0.2, 0.25) is 0 Å². The van der Waals surface area contributed by atoms with E-state index < -0.39 is 0 Å². The Labute approximate surface area is 169 Å². The van der Waals surface area contributed by atoms with E-state index in [1.807, 2.05) is 6.07 Å². The predicted octanol–water partition coefficient (Wildman–Crippen LogP) is 3.74. The van der Waals surface area contributed by atoms with Gasteiger partial charge in [-0.2, -0.15) is 15.3 Å². The molecule has 152 valence electrons. The number of nitrogens with one attached hydrogen (secondary N) is 3. The van der Waals surface area contributed by atoms with Crippen molar-refractivity contribution in [2.24, 2.45) is 5.92 Å². The number of H-pyrrole nitrogens is 1. The highest BCUT2D eigenvalue weighted by Gasteiger charge is 2.57. The number of aromatic nitrogens is 4. The van der Waals surface area contributed by atoms with Gasteiger partial charge in [0.1, 0.15) is 6.10 Å². The molecule has 5 aliphatic carbocycles. The maximum absolute atomic E-state index is 12.2. The van der Waals surface area contributed by atoms with Crippen molar-refractivity contribution in [1.82, 2.24) is 25.7 Å². The second-order valence-corrected chi connectivity index (χ2v) is 9.36. The molecule has 5 saturated carbocycles. The molecule has 0 aromatic carbocycles. The van der Waals surface area contributed by atoms with Crippen molar-refractivity contribution in [2.45, 2.75) is 74.8 Å². The summed E-state index contributed by atoms with van der Waals surface area (Å²) in [5.41, 5.74) is 3.18. The topological polar surface area (TPSA) is 105 Å². The molecule has 5 fully saturated rings. The number of hydrogen-bond acceptors (Lipinski definition) is 6. The number of hydrogen-bond donors (Lipinski definition) is 3. The van der Waals surface area contributed by atoms with Crippen LogP contribution in [0, 0.1) is 5.92 Å². The number of anilines is 2. The molecule has 5 aliphatic rings. The Hall–Kier alpha value is -2.64. The molecule has 0 unspecified atom stereocenters. The molecule has 1 amide bonds. The first-order valence-corrected chi connectivity index (χ1v) is 10.8. The molecule has 0 aliphatic heterocycles. The fourth-order valence-corrected chi connectivity index (χ4v) is 5.21. The second-order valence-electron chi connectivity index (χ2n) is 9.36. The van der Waals surface area contributed by atoms with Crippen LogP contribution in [0.3, 0.4) is 0 Å². The Bertz CT molecular complexity index is 922. The summed E-state index contributed by atoms with van der Waals surface area (Å²) in [5.74, 6) is 2.50. The van der Waals surface area contributed by atoms with Crippen molar-refractivity contribution >= 4 is 17.6 Å². The number of ether oxygens (including phenoxy) is 1. The van der Waals surface area contributed by atoms with Crippen LogP contribution in [0.1, 0.15) is 74.6 Å². The van der Waals surface area contributed by atoms with Gasteiger partial charge < -0.3 is 15.4 Å². The third-order valence-electron chi connectivity index (χ3n) is 7.08. The third-order valence-corrected chi connectivity index (χ3v) is 7.08. The summed E-state index contributed by atoms with van der Waals surface area (Å²) in [4.78, 5) is 12.2. The van der Waals surface area contributed by atoms with E-state index in [2.05, 4.69) is 37.1 Å². The van der Waals surface area contributed by atoms with E-state index in [1.54, 1.807) is 6.20 Å². The van der Waals surface area contributed by atoms with Crippen molar-refractivity contribution in [2.75, 3.05) is 5.32 Å². The molecule has 8 heteroatoms. The summed E-state index contributed by atoms with van der Waals surface area (Å²) < 4.78 is 5.70. The molecule has 3 N–H and O–H groups in total. The monoisotopic (exact) mass is 394 g/mol. The number of nitrogens with zero attached hydrogens (tertiary/aromatic N) is 3. The van der Waals surface area contributed by atoms with Crippen LogP contribution < -0.4 is 10.6 Å². The van der Waals surface area contributed by atoms with Crippen molar-refractivity contribution in [3.8, 4) is 0 Å². The fourth-order valence-electron chi connectivity index (χ4n) is 5.21. The van der Waals surface area contributed by atoms with Crippen LogP contribution in [0.15, 0.2) is 18.3 Å². The summed E-state index contributed by atoms with van der Waals surface area (Å²) in [6.07, 6.45) is 9.95. The van der Waals surface area contributed by atoms with Gasteiger partial charge in [-0.1, -0.05) is 0 Å². The van der Waals surface area contributed by atoms with E-state index >= 15 is 0 Å². The van der Waals surface area contributed by atoms with Crippen LogP contribution in [-0.2, 0) is 4.74 Å². The smallest absolute Gasteiger partial charge is 0.407 e. The molecule has 2 atom stereocenters. The van der Waals surface area contributed by atoms with Crippen LogP contribution >= 0.6 is 0 Å². The highest BCUT2D eigenvalue weighted by Crippen LogP contribution is 2.57. The largest absolute Gasteiger partial charge is 0.446 e. The zero-order valence-corrected chi connectivity index (χ0v) is 16.4. The molecular weight excluding hydrogens is 368 g/mol. The van der Waals surface area contributed by atoms with Crippen molar-refractivity contribution in [1.29, 1.82) is 0 Å². The SMILES string of the molecule is O=C(NC12CC(C1)C2)O[C@@H]1CC[C@H](c2cc(Nc3ccnnc3C3CC3)n[nH]2)C1. The van der Waals surface area contributed by atoms with Gasteiger partial charge in [-0.25, -0.2) is 4.79 Å². The maximum Gasteiger partial charge on any atom is 0.407 e. The van der Waals surface area contributed by atoms with Crippen LogP contribution in [-0.4, -0.2) is 38.1 Å². The molecule has 2 bridgehead atoms. The van der Waals surface area contributed by atoms with E-state index in [0.717, 1.165) is 67.3 Å². The number of rotatable bonds is 6. The molecule has 8 nitrogen and oxygen atoms in total. The van der Waals surface area contributed by atoms with Crippen LogP contribution in [0.25, 0.3) is 0 Å². The normalized spacial score (nSPS) is 32.2. The van der Waals surface area contributed by atoms with Gasteiger partial charge >= 0.3 is 6.09 Å². The lowest BCUT2D eigenvalue weighted by Gasteiger charge is -2.61. The average molecular weight is 394 g/mol. The lowest BCUT2D eigenvalue weighted by Crippen LogP contribution is -2.68. The highest BCUT2D eigenvalue weighted by molar-refractivity contribution is 5.69. The van der Waals surface area contributed by atoms with Gasteiger partial charge in [0, 0.05) is 29.1 Å². The maximum atomic E-state index is 12.2. The number of aromatic amines is 1. The molecule has 7 rings (SSSR count). The number of alkyl carbamates (subject to hydrolysis) is 1. The summed E-state index contributed by atoms with van der Waals surface area (Å²) in [5, 5.41) is 22.4. The minimum atomic E-state index is -0.237. The summed E-state index contributed by atoms with van der Waals surface area (Å²) in [7, 11) is 0. The van der Waals surface area contributed by atoms with E-state index in [0.29, 0.717) is 11.8 Å². The molecule has 0 saturated heterocycles. The first-order valence-electron chi connectivity index (χ1n) is 10.8. The fraction of sp³-hybridized carbons (Fsp3) is 0.619. The molecule has 0 radical (unpaired) electrons. The number of carbonyl (C=O) groups is 1. The molecule has 2 aromatic rings. The number of carbonyl (C=O) groups excluding carboxylic acids is 1. The van der Waals surface area contributed by atoms with Crippen molar-refractivity contribution < 1.29 is 9.53 Å². The van der Waals surface area contributed by atoms with E-state index in [-0.39, 0.29) is 17.7 Å². The van der Waals surface area contributed by atoms with Gasteiger partial charge in [-0.15, -0.1) is 0 Å². The summed E-state index contributed by atoms with van der Waals surface area (Å²) >= 11 is 0. The van der Waals surface area contributed by atoms with E-state index in [9.17, 15) is 4.79 Å². The molecule has 2 heterocycles. The van der Waals surface area contributed by atoms with Gasteiger partial charge in [0.25, 0.3) is 0 Å². The average Bonchev–Trinajstić information content (AvgIpc) is 3.21. The van der Waals surface area contributed by atoms with Crippen molar-refractivity contribution in [3.05, 3.63) is 29.7 Å². The molecule has 0 spiro atoms. The zero-order chi connectivity index (χ0) is 19.4. The molecular formula is C21H26N6O2. The van der Waals surface area contributed by atoms with Gasteiger partial charge in [-0.3, -0.25) is 5.10 Å². The lowest BCUT2D eigenvalue weighted by molar-refractivity contribution is -0.0506. The van der Waals surface area contributed by atoms with Crippen molar-refractivity contribution in [3.63, 3.8) is 0 Å². The van der Waals surface area contributed by atoms with Gasteiger partial charge in [0.15, 0.2) is 5.82 Å². The Morgan fingerprint density at radius 1 is 1.17 bits per heavy atom. The van der Waals surface area contributed by atoms with E-state index in [1.165, 1.54) is 12.8 Å². The van der Waals surface area contributed by atoms with Crippen LogP contribution in [0.4, 0.5) is 16.3 Å². The van der Waals surface area contributed by atoms with E-state index in [4.69, 9.17) is 4.74 Å². The second kappa shape index (κ2) is 6.43. The van der Waals surface area contributed by atoms with Crippen LogP contribution in [0.5, 0.6) is 0 Å². The minimum Gasteiger partial charge on any atom is -0.446 e. The number of amides is 1. The molecule has 29 heavy (non-hydrogen) atoms. The zero-order valence-electron chi connectivity index (χ0n) is 16.4. The van der Waals surface area contributed by atoms with Gasteiger partial charge in [0.05, 0.1) is 17.6 Å². The first kappa shape index (κ1) is 17.2. The standard InChI is InChI=1S/C21H26N6O2/c28-20(24-21-9-12(10-21)11-21)29-15-4-3-14(7-15)17-8-18(26-25-17)23-16-5-6-22-27-19(16)13-1-2-13/h5-6,8,12-15H,1-4,7,9-11H2,(H,24,28)(H2,22,23,25,26)/t12?,14-,15+,21?/m0/s1. The quantitative estimate of drug-likeness (QED) is 0.689. The Kier molecular flexibility index (Phi) is 3.82. The Balaban J connectivity index is 1.05. The van der Waals surface area contributed by atoms with Gasteiger partial charge in [-0.05, 0) is 63.4 Å². The Morgan fingerprint density at radius 2 is 2.00 bits per heavy atom. The third kappa shape index (κ3) is 3.24.